The molecular formula is C23H27ClN6O2. The van der Waals surface area contributed by atoms with E-state index in [0.29, 0.717) is 42.9 Å². The molecule has 1 aliphatic carbocycles. The second-order valence-corrected chi connectivity index (χ2v) is 8.86. The van der Waals surface area contributed by atoms with Gasteiger partial charge in [0.25, 0.3) is 0 Å². The first-order valence-corrected chi connectivity index (χ1v) is 11.5. The molecule has 1 saturated heterocycles. The standard InChI is InChI=1S/C23H27ClN6O2/c24-22-21-17(7-8-25-22)3-6-20(30-21)29-18-4-1-15(2-5-18)9-26-23-27-10-16(11-28-23)12-32-19-13-31-14-19/h3,6-8,10-11,15,18-19H,1-2,4-5,9,12-14H2,(H,29,30)(H,26,27,28). The number of halogens is 1. The molecule has 5 rings (SSSR count). The molecule has 8 nitrogen and oxygen atoms in total. The summed E-state index contributed by atoms with van der Waals surface area (Å²) in [5.41, 5.74) is 1.72. The van der Waals surface area contributed by atoms with Gasteiger partial charge in [-0.05, 0) is 49.8 Å². The third-order valence-corrected chi connectivity index (χ3v) is 6.39. The zero-order chi connectivity index (χ0) is 21.8. The van der Waals surface area contributed by atoms with Crippen LogP contribution in [0.5, 0.6) is 0 Å². The molecule has 0 spiro atoms. The average molecular weight is 455 g/mol. The Hall–Kier alpha value is -2.55. The SMILES string of the molecule is Clc1nccc2ccc(NC3CCC(CNc4ncc(COC5COC5)cn4)CC3)nc12. The van der Waals surface area contributed by atoms with Crippen molar-refractivity contribution in [2.24, 2.45) is 5.92 Å². The fourth-order valence-corrected chi connectivity index (χ4v) is 4.30. The normalized spacial score (nSPS) is 21.3. The first kappa shape index (κ1) is 21.3. The Morgan fingerprint density at radius 2 is 1.84 bits per heavy atom. The van der Waals surface area contributed by atoms with Gasteiger partial charge >= 0.3 is 0 Å². The van der Waals surface area contributed by atoms with Gasteiger partial charge in [0.15, 0.2) is 5.15 Å². The minimum absolute atomic E-state index is 0.212. The number of pyridine rings is 2. The summed E-state index contributed by atoms with van der Waals surface area (Å²) in [6.07, 6.45) is 10.1. The summed E-state index contributed by atoms with van der Waals surface area (Å²) >= 11 is 6.19. The summed E-state index contributed by atoms with van der Waals surface area (Å²) in [5, 5.41) is 8.39. The van der Waals surface area contributed by atoms with Crippen molar-refractivity contribution < 1.29 is 9.47 Å². The third kappa shape index (κ3) is 5.26. The topological polar surface area (TPSA) is 94.1 Å². The van der Waals surface area contributed by atoms with Gasteiger partial charge in [-0.2, -0.15) is 0 Å². The molecular weight excluding hydrogens is 428 g/mol. The number of nitrogens with zero attached hydrogens (tertiary/aromatic N) is 4. The Balaban J connectivity index is 1.06. The maximum absolute atomic E-state index is 6.19. The molecule has 9 heteroatoms. The fraction of sp³-hybridized carbons (Fsp3) is 0.478. The van der Waals surface area contributed by atoms with Crippen LogP contribution in [0.4, 0.5) is 11.8 Å². The predicted molar refractivity (Wildman–Crippen MR) is 124 cm³/mol. The van der Waals surface area contributed by atoms with Crippen LogP contribution in [0.3, 0.4) is 0 Å². The van der Waals surface area contributed by atoms with E-state index in [9.17, 15) is 0 Å². The van der Waals surface area contributed by atoms with Crippen molar-refractivity contribution in [3.63, 3.8) is 0 Å². The lowest BCUT2D eigenvalue weighted by Crippen LogP contribution is -2.35. The fourth-order valence-electron chi connectivity index (χ4n) is 4.09. The van der Waals surface area contributed by atoms with E-state index in [1.54, 1.807) is 6.20 Å². The van der Waals surface area contributed by atoms with Crippen LogP contribution in [0, 0.1) is 5.92 Å². The highest BCUT2D eigenvalue weighted by Gasteiger charge is 2.22. The van der Waals surface area contributed by atoms with Gasteiger partial charge < -0.3 is 20.1 Å². The molecule has 3 aromatic heterocycles. The van der Waals surface area contributed by atoms with E-state index in [1.807, 2.05) is 30.6 Å². The zero-order valence-corrected chi connectivity index (χ0v) is 18.6. The second kappa shape index (κ2) is 9.94. The van der Waals surface area contributed by atoms with Crippen molar-refractivity contribution in [3.05, 3.63) is 47.5 Å². The van der Waals surface area contributed by atoms with Crippen LogP contribution in [0.15, 0.2) is 36.8 Å². The molecule has 3 aromatic rings. The van der Waals surface area contributed by atoms with E-state index >= 15 is 0 Å². The van der Waals surface area contributed by atoms with Crippen LogP contribution < -0.4 is 10.6 Å². The van der Waals surface area contributed by atoms with E-state index in [4.69, 9.17) is 21.1 Å². The second-order valence-electron chi connectivity index (χ2n) is 8.50. The van der Waals surface area contributed by atoms with Gasteiger partial charge in [-0.1, -0.05) is 11.6 Å². The summed E-state index contributed by atoms with van der Waals surface area (Å²) in [5.74, 6) is 2.14. The minimum atomic E-state index is 0.212. The summed E-state index contributed by atoms with van der Waals surface area (Å²) in [7, 11) is 0. The molecule has 0 atom stereocenters. The predicted octanol–water partition coefficient (Wildman–Crippen LogP) is 4.07. The number of anilines is 2. The third-order valence-electron chi connectivity index (χ3n) is 6.11. The van der Waals surface area contributed by atoms with E-state index in [1.165, 1.54) is 0 Å². The van der Waals surface area contributed by atoms with Crippen LogP contribution in [-0.2, 0) is 16.1 Å². The summed E-state index contributed by atoms with van der Waals surface area (Å²) < 4.78 is 10.8. The maximum Gasteiger partial charge on any atom is 0.222 e. The summed E-state index contributed by atoms with van der Waals surface area (Å²) in [4.78, 5) is 17.6. The Bertz CT molecular complexity index is 1040. The summed E-state index contributed by atoms with van der Waals surface area (Å²) in [6.45, 7) is 2.78. The highest BCUT2D eigenvalue weighted by Crippen LogP contribution is 2.27. The molecule has 2 aliphatic rings. The van der Waals surface area contributed by atoms with E-state index < -0.39 is 0 Å². The number of hydrogen-bond donors (Lipinski definition) is 2. The zero-order valence-electron chi connectivity index (χ0n) is 17.8. The first-order chi connectivity index (χ1) is 15.7. The Morgan fingerprint density at radius 3 is 2.59 bits per heavy atom. The molecule has 0 aromatic carbocycles. The number of aromatic nitrogens is 4. The Morgan fingerprint density at radius 1 is 1.03 bits per heavy atom. The van der Waals surface area contributed by atoms with Gasteiger partial charge in [-0.3, -0.25) is 0 Å². The van der Waals surface area contributed by atoms with Crippen molar-refractivity contribution in [1.82, 2.24) is 19.9 Å². The van der Waals surface area contributed by atoms with Gasteiger partial charge in [0.1, 0.15) is 17.4 Å². The van der Waals surface area contributed by atoms with Crippen molar-refractivity contribution in [1.29, 1.82) is 0 Å². The van der Waals surface area contributed by atoms with Crippen LogP contribution in [0.2, 0.25) is 5.15 Å². The molecule has 168 valence electrons. The molecule has 0 bridgehead atoms. The van der Waals surface area contributed by atoms with Crippen molar-refractivity contribution >= 4 is 34.3 Å². The highest BCUT2D eigenvalue weighted by atomic mass is 35.5. The van der Waals surface area contributed by atoms with Crippen molar-refractivity contribution in [3.8, 4) is 0 Å². The lowest BCUT2D eigenvalue weighted by atomic mass is 9.86. The first-order valence-electron chi connectivity index (χ1n) is 11.1. The minimum Gasteiger partial charge on any atom is -0.376 e. The van der Waals surface area contributed by atoms with Gasteiger partial charge in [-0.25, -0.2) is 19.9 Å². The van der Waals surface area contributed by atoms with Crippen molar-refractivity contribution in [2.75, 3.05) is 30.4 Å². The number of ether oxygens (including phenoxy) is 2. The van der Waals surface area contributed by atoms with Crippen LogP contribution in [0.1, 0.15) is 31.2 Å². The van der Waals surface area contributed by atoms with Gasteiger partial charge in [0.05, 0.1) is 19.8 Å². The number of nitrogens with one attached hydrogen (secondary N) is 2. The van der Waals surface area contributed by atoms with Crippen LogP contribution in [-0.4, -0.2) is 51.8 Å². The monoisotopic (exact) mass is 454 g/mol. The van der Waals surface area contributed by atoms with Gasteiger partial charge in [0.2, 0.25) is 5.95 Å². The maximum atomic E-state index is 6.19. The average Bonchev–Trinajstić information content (AvgIpc) is 2.79. The lowest BCUT2D eigenvalue weighted by Gasteiger charge is -2.29. The van der Waals surface area contributed by atoms with Crippen LogP contribution >= 0.6 is 11.6 Å². The van der Waals surface area contributed by atoms with Crippen LogP contribution in [0.25, 0.3) is 10.9 Å². The van der Waals surface area contributed by atoms with E-state index in [2.05, 4.69) is 30.6 Å². The molecule has 2 N–H and O–H groups in total. The number of fused-ring (bicyclic) bond motifs is 1. The Labute approximate surface area is 192 Å². The number of hydrogen-bond acceptors (Lipinski definition) is 8. The largest absolute Gasteiger partial charge is 0.376 e. The Kier molecular flexibility index (Phi) is 6.61. The molecule has 4 heterocycles. The molecule has 1 aliphatic heterocycles. The smallest absolute Gasteiger partial charge is 0.222 e. The van der Waals surface area contributed by atoms with Crippen molar-refractivity contribution in [2.45, 2.75) is 44.4 Å². The quantitative estimate of drug-likeness (QED) is 0.492. The number of rotatable bonds is 8. The molecule has 0 amide bonds. The molecule has 0 unspecified atom stereocenters. The van der Waals surface area contributed by atoms with Gasteiger partial charge in [-0.15, -0.1) is 0 Å². The lowest BCUT2D eigenvalue weighted by molar-refractivity contribution is -0.135. The molecule has 1 saturated carbocycles. The highest BCUT2D eigenvalue weighted by molar-refractivity contribution is 6.33. The van der Waals surface area contributed by atoms with E-state index in [-0.39, 0.29) is 6.10 Å². The molecule has 2 fully saturated rings. The molecule has 32 heavy (non-hydrogen) atoms. The molecule has 0 radical (unpaired) electrons. The van der Waals surface area contributed by atoms with E-state index in [0.717, 1.165) is 54.5 Å². The van der Waals surface area contributed by atoms with Gasteiger partial charge in [0, 0.05) is 42.1 Å². The summed E-state index contributed by atoms with van der Waals surface area (Å²) in [6, 6.07) is 6.39.